The molecule has 0 aliphatic heterocycles. The molecule has 1 aliphatic carbocycles. The van der Waals surface area contributed by atoms with Gasteiger partial charge in [-0.2, -0.15) is 0 Å². The van der Waals surface area contributed by atoms with E-state index < -0.39 is 17.8 Å². The van der Waals surface area contributed by atoms with E-state index in [-0.39, 0.29) is 5.91 Å². The third kappa shape index (κ3) is 2.70. The molecule has 1 aliphatic rings. The molecular formula is C11H9Cl2NO3. The molecule has 2 N–H and O–H groups in total. The van der Waals surface area contributed by atoms with Gasteiger partial charge in [-0.05, 0) is 24.6 Å². The molecule has 17 heavy (non-hydrogen) atoms. The zero-order chi connectivity index (χ0) is 12.6. The molecule has 0 spiro atoms. The largest absolute Gasteiger partial charge is 0.481 e. The van der Waals surface area contributed by atoms with Crippen molar-refractivity contribution in [3.8, 4) is 0 Å². The van der Waals surface area contributed by atoms with Crippen LogP contribution in [0.5, 0.6) is 0 Å². The number of anilines is 1. The molecule has 1 saturated carbocycles. The third-order valence-electron chi connectivity index (χ3n) is 2.63. The standard InChI is InChI=1S/C11H9Cl2NO3/c12-8-2-1-5(3-9(8)13)14-10(15)6-4-7(6)11(16)17/h1-3,6-7H,4H2,(H,14,15)(H,16,17). The molecule has 2 atom stereocenters. The maximum absolute atomic E-state index is 11.6. The van der Waals surface area contributed by atoms with Crippen LogP contribution in [0.2, 0.25) is 10.0 Å². The van der Waals surface area contributed by atoms with E-state index in [2.05, 4.69) is 5.32 Å². The number of carboxylic acid groups (broad SMARTS) is 1. The van der Waals surface area contributed by atoms with Crippen LogP contribution < -0.4 is 5.32 Å². The predicted molar refractivity (Wildman–Crippen MR) is 64.3 cm³/mol. The highest BCUT2D eigenvalue weighted by molar-refractivity contribution is 6.42. The zero-order valence-corrected chi connectivity index (χ0v) is 10.1. The second-order valence-electron chi connectivity index (χ2n) is 3.91. The molecule has 90 valence electrons. The summed E-state index contributed by atoms with van der Waals surface area (Å²) in [6.45, 7) is 0. The number of benzene rings is 1. The minimum atomic E-state index is -0.931. The summed E-state index contributed by atoms with van der Waals surface area (Å²) in [5, 5.41) is 12.1. The van der Waals surface area contributed by atoms with Gasteiger partial charge in [0.1, 0.15) is 0 Å². The first kappa shape index (κ1) is 12.2. The molecule has 4 nitrogen and oxygen atoms in total. The zero-order valence-electron chi connectivity index (χ0n) is 8.61. The summed E-state index contributed by atoms with van der Waals surface area (Å²) >= 11 is 11.5. The predicted octanol–water partition coefficient (Wildman–Crippen LogP) is 2.65. The Kier molecular flexibility index (Phi) is 3.26. The van der Waals surface area contributed by atoms with Crippen LogP contribution in [-0.4, -0.2) is 17.0 Å². The van der Waals surface area contributed by atoms with Gasteiger partial charge in [0, 0.05) is 5.69 Å². The molecule has 1 fully saturated rings. The van der Waals surface area contributed by atoms with Crippen molar-refractivity contribution in [2.45, 2.75) is 6.42 Å². The summed E-state index contributed by atoms with van der Waals surface area (Å²) in [6, 6.07) is 4.71. The molecule has 0 radical (unpaired) electrons. The summed E-state index contributed by atoms with van der Waals surface area (Å²) < 4.78 is 0. The van der Waals surface area contributed by atoms with E-state index in [1.54, 1.807) is 12.1 Å². The number of halogens is 2. The van der Waals surface area contributed by atoms with Crippen LogP contribution in [0.1, 0.15) is 6.42 Å². The van der Waals surface area contributed by atoms with Gasteiger partial charge < -0.3 is 10.4 Å². The highest BCUT2D eigenvalue weighted by Crippen LogP contribution is 2.39. The van der Waals surface area contributed by atoms with Gasteiger partial charge in [-0.25, -0.2) is 0 Å². The van der Waals surface area contributed by atoms with Crippen LogP contribution in [0.3, 0.4) is 0 Å². The van der Waals surface area contributed by atoms with Crippen LogP contribution in [0, 0.1) is 11.8 Å². The van der Waals surface area contributed by atoms with E-state index in [1.165, 1.54) is 6.07 Å². The van der Waals surface area contributed by atoms with Gasteiger partial charge in [-0.1, -0.05) is 23.2 Å². The second-order valence-corrected chi connectivity index (χ2v) is 4.72. The molecule has 1 aromatic rings. The van der Waals surface area contributed by atoms with Crippen LogP contribution >= 0.6 is 23.2 Å². The number of aliphatic carboxylic acids is 1. The van der Waals surface area contributed by atoms with Gasteiger partial charge in [-0.15, -0.1) is 0 Å². The Morgan fingerprint density at radius 2 is 1.94 bits per heavy atom. The summed E-state index contributed by atoms with van der Waals surface area (Å²) in [7, 11) is 0. The Labute approximate surface area is 108 Å². The summed E-state index contributed by atoms with van der Waals surface area (Å²) in [5.41, 5.74) is 0.514. The smallest absolute Gasteiger partial charge is 0.307 e. The first-order valence-corrected chi connectivity index (χ1v) is 5.73. The second kappa shape index (κ2) is 4.55. The van der Waals surface area contributed by atoms with E-state index >= 15 is 0 Å². The van der Waals surface area contributed by atoms with Gasteiger partial charge in [0.25, 0.3) is 0 Å². The summed E-state index contributed by atoms with van der Waals surface area (Å²) in [6.07, 6.45) is 0.391. The van der Waals surface area contributed by atoms with E-state index in [4.69, 9.17) is 28.3 Å². The normalized spacial score (nSPS) is 22.0. The number of rotatable bonds is 3. The van der Waals surface area contributed by atoms with Crippen molar-refractivity contribution < 1.29 is 14.7 Å². The number of hydrogen-bond acceptors (Lipinski definition) is 2. The maximum atomic E-state index is 11.6. The Bertz CT molecular complexity index is 490. The molecule has 1 aromatic carbocycles. The Morgan fingerprint density at radius 1 is 1.24 bits per heavy atom. The number of amides is 1. The molecule has 2 rings (SSSR count). The fraction of sp³-hybridized carbons (Fsp3) is 0.273. The number of hydrogen-bond donors (Lipinski definition) is 2. The Hall–Kier alpha value is -1.26. The number of carbonyl (C=O) groups excluding carboxylic acids is 1. The molecular weight excluding hydrogens is 265 g/mol. The molecule has 0 aromatic heterocycles. The minimum absolute atomic E-state index is 0.296. The van der Waals surface area contributed by atoms with Crippen molar-refractivity contribution in [3.63, 3.8) is 0 Å². The average Bonchev–Trinajstić information content (AvgIpc) is 3.03. The number of carbonyl (C=O) groups is 2. The first-order valence-electron chi connectivity index (χ1n) is 4.98. The monoisotopic (exact) mass is 273 g/mol. The average molecular weight is 274 g/mol. The SMILES string of the molecule is O=C(O)C1CC1C(=O)Nc1ccc(Cl)c(Cl)c1. The molecule has 0 saturated heterocycles. The van der Waals surface area contributed by atoms with Crippen LogP contribution in [-0.2, 0) is 9.59 Å². The van der Waals surface area contributed by atoms with Crippen molar-refractivity contribution in [2.24, 2.45) is 11.8 Å². The van der Waals surface area contributed by atoms with Crippen LogP contribution in [0.25, 0.3) is 0 Å². The molecule has 1 amide bonds. The topological polar surface area (TPSA) is 66.4 Å². The van der Waals surface area contributed by atoms with Gasteiger partial charge in [0.2, 0.25) is 5.91 Å². The van der Waals surface area contributed by atoms with Crippen LogP contribution in [0.15, 0.2) is 18.2 Å². The number of nitrogens with one attached hydrogen (secondary N) is 1. The lowest BCUT2D eigenvalue weighted by molar-refractivity contribution is -0.139. The fourth-order valence-corrected chi connectivity index (χ4v) is 1.86. The molecule has 2 unspecified atom stereocenters. The van der Waals surface area contributed by atoms with Crippen LogP contribution in [0.4, 0.5) is 5.69 Å². The summed E-state index contributed by atoms with van der Waals surface area (Å²) in [4.78, 5) is 22.2. The van der Waals surface area contributed by atoms with Gasteiger partial charge in [-0.3, -0.25) is 9.59 Å². The van der Waals surface area contributed by atoms with Crippen molar-refractivity contribution in [1.29, 1.82) is 0 Å². The van der Waals surface area contributed by atoms with Gasteiger partial charge in [0.15, 0.2) is 0 Å². The van der Waals surface area contributed by atoms with Crippen molar-refractivity contribution >= 4 is 40.8 Å². The lowest BCUT2D eigenvalue weighted by atomic mass is 10.2. The van der Waals surface area contributed by atoms with Gasteiger partial charge >= 0.3 is 5.97 Å². The van der Waals surface area contributed by atoms with E-state index in [9.17, 15) is 9.59 Å². The van der Waals surface area contributed by atoms with E-state index in [0.717, 1.165) is 0 Å². The molecule has 0 heterocycles. The molecule has 6 heteroatoms. The highest BCUT2D eigenvalue weighted by atomic mass is 35.5. The maximum Gasteiger partial charge on any atom is 0.307 e. The lowest BCUT2D eigenvalue weighted by Gasteiger charge is -2.05. The number of carboxylic acids is 1. The fourth-order valence-electron chi connectivity index (χ4n) is 1.57. The quantitative estimate of drug-likeness (QED) is 0.890. The Balaban J connectivity index is 2.00. The highest BCUT2D eigenvalue weighted by Gasteiger charge is 2.48. The van der Waals surface area contributed by atoms with E-state index in [1.807, 2.05) is 0 Å². The van der Waals surface area contributed by atoms with Crippen molar-refractivity contribution in [2.75, 3.05) is 5.32 Å². The first-order chi connectivity index (χ1) is 7.99. The molecule has 0 bridgehead atoms. The van der Waals surface area contributed by atoms with E-state index in [0.29, 0.717) is 22.2 Å². The third-order valence-corrected chi connectivity index (χ3v) is 3.37. The summed E-state index contributed by atoms with van der Waals surface area (Å²) in [5.74, 6) is -2.23. The Morgan fingerprint density at radius 3 is 2.47 bits per heavy atom. The lowest BCUT2D eigenvalue weighted by Crippen LogP contribution is -2.16. The minimum Gasteiger partial charge on any atom is -0.481 e. The van der Waals surface area contributed by atoms with Crippen molar-refractivity contribution in [3.05, 3.63) is 28.2 Å². The van der Waals surface area contributed by atoms with Gasteiger partial charge in [0.05, 0.1) is 21.9 Å². The van der Waals surface area contributed by atoms with Crippen molar-refractivity contribution in [1.82, 2.24) is 0 Å².